The quantitative estimate of drug-likeness (QED) is 0.684. The molecule has 2 atom stereocenters. The highest BCUT2D eigenvalue weighted by Gasteiger charge is 2.15. The van der Waals surface area contributed by atoms with Gasteiger partial charge in [-0.3, -0.25) is 4.79 Å². The van der Waals surface area contributed by atoms with Crippen LogP contribution in [0, 0.1) is 23.7 Å². The molecular weight excluding hydrogens is 296 g/mol. The van der Waals surface area contributed by atoms with Crippen LogP contribution in [0.5, 0.6) is 0 Å². The first kappa shape index (κ1) is 14.2. The van der Waals surface area contributed by atoms with E-state index in [0.717, 1.165) is 4.47 Å². The smallest absolute Gasteiger partial charge is 0.254 e. The summed E-state index contributed by atoms with van der Waals surface area (Å²) in [6.45, 7) is 1.62. The fraction of sp³-hybridized carbons (Fsp3) is 0.231. The molecule has 0 aliphatic carbocycles. The average Bonchev–Trinajstić information content (AvgIpc) is 2.37. The lowest BCUT2D eigenvalue weighted by atomic mass is 10.2. The molecule has 0 heterocycles. The molecule has 0 aliphatic heterocycles. The van der Waals surface area contributed by atoms with Gasteiger partial charge in [-0.1, -0.05) is 27.9 Å². The van der Waals surface area contributed by atoms with Gasteiger partial charge in [0.1, 0.15) is 12.2 Å². The first-order valence-corrected chi connectivity index (χ1v) is 5.93. The highest BCUT2D eigenvalue weighted by Crippen LogP contribution is 2.11. The summed E-state index contributed by atoms with van der Waals surface area (Å²) in [5.74, 6) is 1.92. The van der Waals surface area contributed by atoms with Gasteiger partial charge in [0.2, 0.25) is 6.23 Å². The van der Waals surface area contributed by atoms with Crippen LogP contribution in [0.4, 0.5) is 0 Å². The highest BCUT2D eigenvalue weighted by atomic mass is 79.9. The summed E-state index contributed by atoms with van der Waals surface area (Å²) < 4.78 is 5.91. The Kier molecular flexibility index (Phi) is 5.38. The fourth-order valence-electron chi connectivity index (χ4n) is 1.17. The van der Waals surface area contributed by atoms with Crippen molar-refractivity contribution in [3.8, 4) is 18.4 Å². The highest BCUT2D eigenvalue weighted by molar-refractivity contribution is 9.10. The van der Waals surface area contributed by atoms with Gasteiger partial charge in [0.05, 0.1) is 0 Å². The zero-order chi connectivity index (χ0) is 13.5. The van der Waals surface area contributed by atoms with Crippen molar-refractivity contribution >= 4 is 21.8 Å². The van der Waals surface area contributed by atoms with Crippen LogP contribution in [0.15, 0.2) is 28.7 Å². The second kappa shape index (κ2) is 6.80. The third kappa shape index (κ3) is 4.21. The second-order valence-electron chi connectivity index (χ2n) is 3.44. The Morgan fingerprint density at radius 3 is 2.89 bits per heavy atom. The molecular formula is C13H11BrN2O2. The zero-order valence-corrected chi connectivity index (χ0v) is 11.3. The van der Waals surface area contributed by atoms with E-state index in [1.165, 1.54) is 0 Å². The molecule has 1 aromatic rings. The van der Waals surface area contributed by atoms with Gasteiger partial charge in [0.15, 0.2) is 0 Å². The molecule has 0 radical (unpaired) electrons. The minimum Gasteiger partial charge on any atom is -0.329 e. The molecule has 0 fully saturated rings. The van der Waals surface area contributed by atoms with E-state index in [9.17, 15) is 4.79 Å². The maximum absolute atomic E-state index is 11.8. The first-order valence-electron chi connectivity index (χ1n) is 5.14. The maximum atomic E-state index is 11.8. The third-order valence-electron chi connectivity index (χ3n) is 2.04. The number of rotatable bonds is 4. The molecule has 5 heteroatoms. The molecule has 2 unspecified atom stereocenters. The Balaban J connectivity index is 2.69. The van der Waals surface area contributed by atoms with Gasteiger partial charge in [0, 0.05) is 10.0 Å². The van der Waals surface area contributed by atoms with Gasteiger partial charge < -0.3 is 10.1 Å². The number of hydrogen-bond donors (Lipinski definition) is 1. The lowest BCUT2D eigenvalue weighted by Gasteiger charge is -2.14. The third-order valence-corrected chi connectivity index (χ3v) is 2.53. The number of nitrogens with zero attached hydrogens (tertiary/aromatic N) is 1. The van der Waals surface area contributed by atoms with Gasteiger partial charge >= 0.3 is 0 Å². The van der Waals surface area contributed by atoms with Crippen molar-refractivity contribution < 1.29 is 9.53 Å². The van der Waals surface area contributed by atoms with E-state index < -0.39 is 18.2 Å². The van der Waals surface area contributed by atoms with Crippen molar-refractivity contribution in [2.24, 2.45) is 0 Å². The summed E-state index contributed by atoms with van der Waals surface area (Å²) in [4.78, 5) is 11.8. The fourth-order valence-corrected chi connectivity index (χ4v) is 1.57. The second-order valence-corrected chi connectivity index (χ2v) is 4.35. The number of carbonyl (C=O) groups is 1. The first-order chi connectivity index (χ1) is 8.56. The normalized spacial score (nSPS) is 12.9. The van der Waals surface area contributed by atoms with Crippen LogP contribution >= 0.6 is 15.9 Å². The zero-order valence-electron chi connectivity index (χ0n) is 9.68. The van der Waals surface area contributed by atoms with Crippen LogP contribution in [0.1, 0.15) is 17.3 Å². The molecule has 1 N–H and O–H groups in total. The number of ether oxygens (including phenoxy) is 1. The molecule has 1 amide bonds. The van der Waals surface area contributed by atoms with Gasteiger partial charge in [-0.05, 0) is 25.1 Å². The van der Waals surface area contributed by atoms with Crippen molar-refractivity contribution in [3.63, 3.8) is 0 Å². The number of amides is 1. The molecule has 0 saturated heterocycles. The van der Waals surface area contributed by atoms with Crippen molar-refractivity contribution in [2.75, 3.05) is 0 Å². The summed E-state index contributed by atoms with van der Waals surface area (Å²) in [6.07, 6.45) is 3.52. The molecule has 0 aromatic heterocycles. The molecule has 0 spiro atoms. The molecule has 0 saturated carbocycles. The van der Waals surface area contributed by atoms with E-state index in [1.54, 1.807) is 31.2 Å². The minimum absolute atomic E-state index is 0.396. The Labute approximate surface area is 114 Å². The molecule has 0 bridgehead atoms. The van der Waals surface area contributed by atoms with E-state index in [0.29, 0.717) is 5.56 Å². The lowest BCUT2D eigenvalue weighted by Crippen LogP contribution is -2.37. The minimum atomic E-state index is -1.07. The van der Waals surface area contributed by atoms with E-state index in [1.807, 2.05) is 6.07 Å². The van der Waals surface area contributed by atoms with E-state index in [4.69, 9.17) is 16.4 Å². The molecule has 18 heavy (non-hydrogen) atoms. The Bertz CT molecular complexity index is 516. The van der Waals surface area contributed by atoms with Crippen LogP contribution in [0.25, 0.3) is 0 Å². The standard InChI is InChI=1S/C13H11BrN2O2/c1-3-9(2)18-12(8-15)16-13(17)10-5-4-6-11(14)7-10/h1,4-7,9,12H,2H3,(H,16,17). The van der Waals surface area contributed by atoms with E-state index in [2.05, 4.69) is 27.2 Å². The van der Waals surface area contributed by atoms with Crippen LogP contribution < -0.4 is 5.32 Å². The number of nitriles is 1. The molecule has 4 nitrogen and oxygen atoms in total. The predicted octanol–water partition coefficient (Wildman–Crippen LogP) is 2.07. The summed E-state index contributed by atoms with van der Waals surface area (Å²) in [5.41, 5.74) is 0.432. The van der Waals surface area contributed by atoms with Crippen LogP contribution in [0.3, 0.4) is 0 Å². The summed E-state index contributed by atoms with van der Waals surface area (Å²) in [7, 11) is 0. The number of halogens is 1. The number of hydrogen-bond acceptors (Lipinski definition) is 3. The van der Waals surface area contributed by atoms with Crippen LogP contribution in [-0.4, -0.2) is 18.2 Å². The Morgan fingerprint density at radius 1 is 1.61 bits per heavy atom. The van der Waals surface area contributed by atoms with E-state index >= 15 is 0 Å². The molecule has 1 aromatic carbocycles. The summed E-state index contributed by atoms with van der Waals surface area (Å²) in [6, 6.07) is 8.63. The van der Waals surface area contributed by atoms with Gasteiger partial charge in [-0.2, -0.15) is 5.26 Å². The average molecular weight is 307 g/mol. The lowest BCUT2D eigenvalue weighted by molar-refractivity contribution is 0.0376. The summed E-state index contributed by atoms with van der Waals surface area (Å²) >= 11 is 3.26. The maximum Gasteiger partial charge on any atom is 0.254 e. The topological polar surface area (TPSA) is 62.1 Å². The molecule has 1 rings (SSSR count). The number of carbonyl (C=O) groups excluding carboxylic acids is 1. The predicted molar refractivity (Wildman–Crippen MR) is 70.4 cm³/mol. The van der Waals surface area contributed by atoms with E-state index in [-0.39, 0.29) is 0 Å². The molecule has 0 aliphatic rings. The number of terminal acetylenes is 1. The summed E-state index contributed by atoms with van der Waals surface area (Å²) in [5, 5.41) is 11.3. The van der Waals surface area contributed by atoms with Gasteiger partial charge in [0.25, 0.3) is 5.91 Å². The van der Waals surface area contributed by atoms with Crippen molar-refractivity contribution in [3.05, 3.63) is 34.3 Å². The van der Waals surface area contributed by atoms with Gasteiger partial charge in [-0.15, -0.1) is 6.42 Å². The SMILES string of the molecule is C#CC(C)OC(C#N)NC(=O)c1cccc(Br)c1. The number of nitrogens with one attached hydrogen (secondary N) is 1. The largest absolute Gasteiger partial charge is 0.329 e. The van der Waals surface area contributed by atoms with Crippen molar-refractivity contribution in [1.82, 2.24) is 5.32 Å². The van der Waals surface area contributed by atoms with Gasteiger partial charge in [-0.25, -0.2) is 0 Å². The van der Waals surface area contributed by atoms with Crippen molar-refractivity contribution in [2.45, 2.75) is 19.3 Å². The number of benzene rings is 1. The monoisotopic (exact) mass is 306 g/mol. The van der Waals surface area contributed by atoms with Crippen molar-refractivity contribution in [1.29, 1.82) is 5.26 Å². The molecule has 92 valence electrons. The Morgan fingerprint density at radius 2 is 2.33 bits per heavy atom. The Hall–Kier alpha value is -1.82. The van der Waals surface area contributed by atoms with Crippen LogP contribution in [-0.2, 0) is 4.74 Å². The van der Waals surface area contributed by atoms with Crippen LogP contribution in [0.2, 0.25) is 0 Å².